The van der Waals surface area contributed by atoms with Gasteiger partial charge in [0.2, 0.25) is 5.91 Å². The van der Waals surface area contributed by atoms with E-state index in [9.17, 15) is 4.79 Å². The molecular formula is C11H20N2O3. The van der Waals surface area contributed by atoms with Crippen molar-refractivity contribution in [3.8, 4) is 0 Å². The quantitative estimate of drug-likeness (QED) is 0.701. The van der Waals surface area contributed by atoms with Gasteiger partial charge in [0.1, 0.15) is 0 Å². The molecule has 3 N–H and O–H groups in total. The smallest absolute Gasteiger partial charge is 0.240 e. The highest BCUT2D eigenvalue weighted by Gasteiger charge is 2.36. The van der Waals surface area contributed by atoms with Gasteiger partial charge < -0.3 is 20.5 Å². The molecule has 2 fully saturated rings. The topological polar surface area (TPSA) is 73.6 Å². The van der Waals surface area contributed by atoms with E-state index in [1.54, 1.807) is 0 Å². The van der Waals surface area contributed by atoms with Gasteiger partial charge in [-0.25, -0.2) is 0 Å². The lowest BCUT2D eigenvalue weighted by molar-refractivity contribution is -0.130. The first kappa shape index (κ1) is 11.8. The number of rotatable bonds is 3. The summed E-state index contributed by atoms with van der Waals surface area (Å²) in [4.78, 5) is 11.9. The minimum absolute atomic E-state index is 0.0636. The Balaban J connectivity index is 1.77. The first-order chi connectivity index (χ1) is 7.71. The molecular weight excluding hydrogens is 208 g/mol. The number of carbonyl (C=O) groups excluding carboxylic acids is 1. The van der Waals surface area contributed by atoms with E-state index in [4.69, 9.17) is 15.2 Å². The molecule has 5 nitrogen and oxygen atoms in total. The Bertz CT molecular complexity index is 246. The molecule has 2 aliphatic rings. The molecule has 0 aliphatic carbocycles. The number of carbonyl (C=O) groups is 1. The molecule has 5 heteroatoms. The van der Waals surface area contributed by atoms with E-state index < -0.39 is 5.54 Å². The van der Waals surface area contributed by atoms with E-state index in [2.05, 4.69) is 5.32 Å². The lowest BCUT2D eigenvalue weighted by Gasteiger charge is -2.32. The molecule has 2 aliphatic heterocycles. The number of ether oxygens (including phenoxy) is 2. The highest BCUT2D eigenvalue weighted by atomic mass is 16.5. The van der Waals surface area contributed by atoms with Gasteiger partial charge in [-0.05, 0) is 25.7 Å². The SMILES string of the molecule is NC1(C(=O)NCC2CCCO2)CCOCC1. The van der Waals surface area contributed by atoms with Crippen molar-refractivity contribution in [2.45, 2.75) is 37.3 Å². The van der Waals surface area contributed by atoms with Gasteiger partial charge in [0.05, 0.1) is 11.6 Å². The minimum atomic E-state index is -0.739. The molecule has 2 saturated heterocycles. The number of amides is 1. The summed E-state index contributed by atoms with van der Waals surface area (Å²) in [6.07, 6.45) is 3.49. The summed E-state index contributed by atoms with van der Waals surface area (Å²) in [7, 11) is 0. The Kier molecular flexibility index (Phi) is 3.78. The van der Waals surface area contributed by atoms with Crippen LogP contribution in [-0.2, 0) is 14.3 Å². The van der Waals surface area contributed by atoms with Gasteiger partial charge in [-0.2, -0.15) is 0 Å². The molecule has 16 heavy (non-hydrogen) atoms. The minimum Gasteiger partial charge on any atom is -0.381 e. The molecule has 92 valence electrons. The van der Waals surface area contributed by atoms with Crippen molar-refractivity contribution < 1.29 is 14.3 Å². The van der Waals surface area contributed by atoms with E-state index in [1.165, 1.54) is 0 Å². The predicted molar refractivity (Wildman–Crippen MR) is 59.0 cm³/mol. The first-order valence-electron chi connectivity index (χ1n) is 5.97. The molecule has 0 bridgehead atoms. The highest BCUT2D eigenvalue weighted by Crippen LogP contribution is 2.18. The van der Waals surface area contributed by atoms with E-state index >= 15 is 0 Å². The maximum absolute atomic E-state index is 11.9. The monoisotopic (exact) mass is 228 g/mol. The van der Waals surface area contributed by atoms with Crippen molar-refractivity contribution in [2.75, 3.05) is 26.4 Å². The lowest BCUT2D eigenvalue weighted by Crippen LogP contribution is -2.57. The van der Waals surface area contributed by atoms with Gasteiger partial charge >= 0.3 is 0 Å². The van der Waals surface area contributed by atoms with Gasteiger partial charge in [-0.3, -0.25) is 4.79 Å². The molecule has 0 saturated carbocycles. The van der Waals surface area contributed by atoms with Crippen LogP contribution in [0.1, 0.15) is 25.7 Å². The van der Waals surface area contributed by atoms with Crippen LogP contribution in [0.3, 0.4) is 0 Å². The molecule has 0 aromatic heterocycles. The van der Waals surface area contributed by atoms with Crippen LogP contribution in [0.15, 0.2) is 0 Å². The number of nitrogens with one attached hydrogen (secondary N) is 1. The molecule has 0 spiro atoms. The summed E-state index contributed by atoms with van der Waals surface area (Å²) in [5.74, 6) is -0.0636. The molecule has 0 radical (unpaired) electrons. The molecule has 1 atom stereocenters. The summed E-state index contributed by atoms with van der Waals surface area (Å²) in [6.45, 7) is 2.54. The van der Waals surface area contributed by atoms with E-state index in [0.29, 0.717) is 32.6 Å². The van der Waals surface area contributed by atoms with Crippen LogP contribution in [-0.4, -0.2) is 43.9 Å². The van der Waals surface area contributed by atoms with Crippen LogP contribution in [0.5, 0.6) is 0 Å². The highest BCUT2D eigenvalue weighted by molar-refractivity contribution is 5.86. The second kappa shape index (κ2) is 5.12. The summed E-state index contributed by atoms with van der Waals surface area (Å²) >= 11 is 0. The fourth-order valence-electron chi connectivity index (χ4n) is 2.15. The predicted octanol–water partition coefficient (Wildman–Crippen LogP) is -0.211. The van der Waals surface area contributed by atoms with Crippen LogP contribution in [0.2, 0.25) is 0 Å². The first-order valence-corrected chi connectivity index (χ1v) is 5.97. The third-order valence-electron chi connectivity index (χ3n) is 3.35. The molecule has 2 heterocycles. The molecule has 2 rings (SSSR count). The molecule has 1 amide bonds. The second-order valence-electron chi connectivity index (χ2n) is 4.61. The zero-order valence-electron chi connectivity index (χ0n) is 9.54. The third-order valence-corrected chi connectivity index (χ3v) is 3.35. The van der Waals surface area contributed by atoms with Crippen LogP contribution in [0.4, 0.5) is 0 Å². The van der Waals surface area contributed by atoms with E-state index in [-0.39, 0.29) is 12.0 Å². The maximum Gasteiger partial charge on any atom is 0.240 e. The Morgan fingerprint density at radius 1 is 1.38 bits per heavy atom. The van der Waals surface area contributed by atoms with Gasteiger partial charge in [0, 0.05) is 26.4 Å². The average Bonchev–Trinajstić information content (AvgIpc) is 2.79. The van der Waals surface area contributed by atoms with Crippen molar-refractivity contribution in [2.24, 2.45) is 5.73 Å². The van der Waals surface area contributed by atoms with E-state index in [0.717, 1.165) is 19.4 Å². The fraction of sp³-hybridized carbons (Fsp3) is 0.909. The zero-order valence-corrected chi connectivity index (χ0v) is 9.54. The van der Waals surface area contributed by atoms with Gasteiger partial charge in [0.15, 0.2) is 0 Å². The Hall–Kier alpha value is -0.650. The summed E-state index contributed by atoms with van der Waals surface area (Å²) in [6, 6.07) is 0. The van der Waals surface area contributed by atoms with Crippen LogP contribution in [0, 0.1) is 0 Å². The van der Waals surface area contributed by atoms with Crippen molar-refractivity contribution in [1.82, 2.24) is 5.32 Å². The lowest BCUT2D eigenvalue weighted by atomic mass is 9.90. The molecule has 0 aromatic carbocycles. The third kappa shape index (κ3) is 2.72. The Morgan fingerprint density at radius 3 is 2.75 bits per heavy atom. The van der Waals surface area contributed by atoms with Crippen LogP contribution < -0.4 is 11.1 Å². The Labute approximate surface area is 95.7 Å². The summed E-state index contributed by atoms with van der Waals surface area (Å²) in [5.41, 5.74) is 5.32. The number of nitrogens with two attached hydrogens (primary N) is 1. The fourth-order valence-corrected chi connectivity index (χ4v) is 2.15. The van der Waals surface area contributed by atoms with Crippen molar-refractivity contribution >= 4 is 5.91 Å². The largest absolute Gasteiger partial charge is 0.381 e. The zero-order chi connectivity index (χ0) is 11.4. The van der Waals surface area contributed by atoms with Crippen LogP contribution in [0.25, 0.3) is 0 Å². The van der Waals surface area contributed by atoms with Crippen molar-refractivity contribution in [1.29, 1.82) is 0 Å². The molecule has 1 unspecified atom stereocenters. The second-order valence-corrected chi connectivity index (χ2v) is 4.61. The van der Waals surface area contributed by atoms with Crippen molar-refractivity contribution in [3.63, 3.8) is 0 Å². The summed E-state index contributed by atoms with van der Waals surface area (Å²) < 4.78 is 10.7. The Morgan fingerprint density at radius 2 is 2.12 bits per heavy atom. The van der Waals surface area contributed by atoms with E-state index in [1.807, 2.05) is 0 Å². The standard InChI is InChI=1S/C11H20N2O3/c12-11(3-6-15-7-4-11)10(14)13-8-9-2-1-5-16-9/h9H,1-8,12H2,(H,13,14). The van der Waals surface area contributed by atoms with Gasteiger partial charge in [-0.15, -0.1) is 0 Å². The van der Waals surface area contributed by atoms with Gasteiger partial charge in [-0.1, -0.05) is 0 Å². The normalized spacial score (nSPS) is 28.9. The summed E-state index contributed by atoms with van der Waals surface area (Å²) in [5, 5.41) is 2.89. The van der Waals surface area contributed by atoms with Crippen LogP contribution >= 0.6 is 0 Å². The van der Waals surface area contributed by atoms with Crippen molar-refractivity contribution in [3.05, 3.63) is 0 Å². The molecule has 0 aromatic rings. The van der Waals surface area contributed by atoms with Gasteiger partial charge in [0.25, 0.3) is 0 Å². The number of hydrogen-bond acceptors (Lipinski definition) is 4. The average molecular weight is 228 g/mol. The maximum atomic E-state index is 11.9. The number of hydrogen-bond donors (Lipinski definition) is 2.